The summed E-state index contributed by atoms with van der Waals surface area (Å²) in [4.78, 5) is 2.59. The minimum absolute atomic E-state index is 0.310. The third-order valence-corrected chi connectivity index (χ3v) is 4.63. The van der Waals surface area contributed by atoms with Crippen molar-refractivity contribution in [2.24, 2.45) is 21.7 Å². The van der Waals surface area contributed by atoms with E-state index in [9.17, 15) is 0 Å². The average Bonchev–Trinajstić information content (AvgIpc) is 3.06. The molecule has 104 valence electrons. The Balaban J connectivity index is 1.86. The monoisotopic (exact) mass is 253 g/mol. The van der Waals surface area contributed by atoms with Crippen molar-refractivity contribution in [2.45, 2.75) is 52.4 Å². The zero-order valence-electron chi connectivity index (χ0n) is 11.8. The van der Waals surface area contributed by atoms with Gasteiger partial charge in [0.15, 0.2) is 0 Å². The standard InChI is InChI=1S/C14H27N3O/c1-13(2)4-3-8-17(9-7-13)11-14(5-6-14)10-12(15)16-18/h18H,3-11H2,1-2H3,(H2,15,16). The van der Waals surface area contributed by atoms with Gasteiger partial charge in [-0.25, -0.2) is 0 Å². The van der Waals surface area contributed by atoms with Crippen molar-refractivity contribution in [1.29, 1.82) is 0 Å². The van der Waals surface area contributed by atoms with Crippen molar-refractivity contribution in [3.05, 3.63) is 0 Å². The normalized spacial score (nSPS) is 27.8. The largest absolute Gasteiger partial charge is 0.409 e. The molecule has 0 aromatic heterocycles. The molecular weight excluding hydrogens is 226 g/mol. The summed E-state index contributed by atoms with van der Waals surface area (Å²) in [6.07, 6.45) is 7.12. The summed E-state index contributed by atoms with van der Waals surface area (Å²) in [5, 5.41) is 11.8. The number of amidine groups is 1. The lowest BCUT2D eigenvalue weighted by molar-refractivity contribution is 0.217. The van der Waals surface area contributed by atoms with Gasteiger partial charge in [0.25, 0.3) is 0 Å². The highest BCUT2D eigenvalue weighted by molar-refractivity contribution is 5.80. The molecule has 0 aromatic carbocycles. The fraction of sp³-hybridized carbons (Fsp3) is 0.929. The average molecular weight is 253 g/mol. The van der Waals surface area contributed by atoms with Crippen LogP contribution in [0.4, 0.5) is 0 Å². The van der Waals surface area contributed by atoms with Gasteiger partial charge in [0.05, 0.1) is 0 Å². The maximum Gasteiger partial charge on any atom is 0.139 e. The zero-order valence-corrected chi connectivity index (χ0v) is 11.8. The molecule has 0 atom stereocenters. The zero-order chi connectivity index (χ0) is 13.2. The summed E-state index contributed by atoms with van der Waals surface area (Å²) in [6.45, 7) is 8.28. The van der Waals surface area contributed by atoms with Crippen LogP contribution in [0, 0.1) is 10.8 Å². The van der Waals surface area contributed by atoms with Crippen LogP contribution < -0.4 is 5.73 Å². The second-order valence-corrected chi connectivity index (χ2v) is 7.06. The van der Waals surface area contributed by atoms with Gasteiger partial charge >= 0.3 is 0 Å². The minimum Gasteiger partial charge on any atom is -0.409 e. The third kappa shape index (κ3) is 3.61. The quantitative estimate of drug-likeness (QED) is 0.350. The van der Waals surface area contributed by atoms with E-state index >= 15 is 0 Å². The first-order valence-corrected chi connectivity index (χ1v) is 7.14. The predicted molar refractivity (Wildman–Crippen MR) is 73.8 cm³/mol. The minimum atomic E-state index is 0.310. The van der Waals surface area contributed by atoms with Crippen molar-refractivity contribution in [2.75, 3.05) is 19.6 Å². The van der Waals surface area contributed by atoms with E-state index in [4.69, 9.17) is 10.9 Å². The van der Waals surface area contributed by atoms with Crippen LogP contribution >= 0.6 is 0 Å². The Bertz CT molecular complexity index is 321. The van der Waals surface area contributed by atoms with Crippen LogP contribution in [0.3, 0.4) is 0 Å². The van der Waals surface area contributed by atoms with Gasteiger partial charge in [0.2, 0.25) is 0 Å². The molecule has 4 heteroatoms. The molecule has 1 aliphatic heterocycles. The highest BCUT2D eigenvalue weighted by Crippen LogP contribution is 2.49. The molecule has 4 nitrogen and oxygen atoms in total. The van der Waals surface area contributed by atoms with E-state index in [1.165, 1.54) is 45.2 Å². The van der Waals surface area contributed by atoms with Gasteiger partial charge in [-0.05, 0) is 56.0 Å². The van der Waals surface area contributed by atoms with Crippen LogP contribution in [0.1, 0.15) is 52.4 Å². The lowest BCUT2D eigenvalue weighted by atomic mass is 9.85. The summed E-state index contributed by atoms with van der Waals surface area (Å²) in [5.74, 6) is 0.391. The Hall–Kier alpha value is -0.770. The van der Waals surface area contributed by atoms with E-state index in [-0.39, 0.29) is 0 Å². The van der Waals surface area contributed by atoms with Gasteiger partial charge in [0.1, 0.15) is 5.84 Å². The van der Waals surface area contributed by atoms with Gasteiger partial charge in [-0.15, -0.1) is 0 Å². The van der Waals surface area contributed by atoms with Crippen LogP contribution in [-0.2, 0) is 0 Å². The van der Waals surface area contributed by atoms with Crippen molar-refractivity contribution < 1.29 is 5.21 Å². The molecule has 0 bridgehead atoms. The molecule has 1 saturated heterocycles. The highest BCUT2D eigenvalue weighted by Gasteiger charge is 2.44. The summed E-state index contributed by atoms with van der Waals surface area (Å²) in [6, 6.07) is 0. The van der Waals surface area contributed by atoms with Gasteiger partial charge < -0.3 is 15.8 Å². The molecule has 2 fully saturated rings. The molecule has 2 rings (SSSR count). The Labute approximate surface area is 110 Å². The number of rotatable bonds is 4. The lowest BCUT2D eigenvalue weighted by Crippen LogP contribution is -2.34. The first kappa shape index (κ1) is 13.7. The first-order chi connectivity index (χ1) is 8.45. The molecule has 0 spiro atoms. The van der Waals surface area contributed by atoms with Crippen molar-refractivity contribution >= 4 is 5.84 Å². The first-order valence-electron chi connectivity index (χ1n) is 7.14. The Morgan fingerprint density at radius 3 is 2.56 bits per heavy atom. The van der Waals surface area contributed by atoms with Crippen LogP contribution in [0.2, 0.25) is 0 Å². The Morgan fingerprint density at radius 2 is 1.94 bits per heavy atom. The number of nitrogens with zero attached hydrogens (tertiary/aromatic N) is 2. The fourth-order valence-corrected chi connectivity index (χ4v) is 3.10. The Morgan fingerprint density at radius 1 is 1.22 bits per heavy atom. The van der Waals surface area contributed by atoms with E-state index in [0.717, 1.165) is 13.0 Å². The van der Waals surface area contributed by atoms with Gasteiger partial charge in [0, 0.05) is 13.0 Å². The van der Waals surface area contributed by atoms with E-state index in [1.807, 2.05) is 0 Å². The molecule has 1 heterocycles. The highest BCUT2D eigenvalue weighted by atomic mass is 16.4. The number of likely N-dealkylation sites (tertiary alicyclic amines) is 1. The van der Waals surface area contributed by atoms with Gasteiger partial charge in [-0.2, -0.15) is 0 Å². The number of oxime groups is 1. The van der Waals surface area contributed by atoms with Crippen LogP contribution in [-0.4, -0.2) is 35.6 Å². The van der Waals surface area contributed by atoms with Crippen molar-refractivity contribution in [3.8, 4) is 0 Å². The number of hydrogen-bond donors (Lipinski definition) is 2. The van der Waals surface area contributed by atoms with Crippen molar-refractivity contribution in [1.82, 2.24) is 4.90 Å². The van der Waals surface area contributed by atoms with E-state index in [2.05, 4.69) is 23.9 Å². The smallest absolute Gasteiger partial charge is 0.139 e. The molecule has 3 N–H and O–H groups in total. The summed E-state index contributed by atoms with van der Waals surface area (Å²) in [5.41, 5.74) is 6.47. The maximum absolute atomic E-state index is 8.69. The van der Waals surface area contributed by atoms with E-state index < -0.39 is 0 Å². The van der Waals surface area contributed by atoms with E-state index in [1.54, 1.807) is 0 Å². The maximum atomic E-state index is 8.69. The van der Waals surface area contributed by atoms with Crippen molar-refractivity contribution in [3.63, 3.8) is 0 Å². The molecule has 1 saturated carbocycles. The lowest BCUT2D eigenvalue weighted by Gasteiger charge is -2.27. The molecule has 1 aliphatic carbocycles. The SMILES string of the molecule is CC1(C)CCCN(CC2(CC(N)=NO)CC2)CC1. The summed E-state index contributed by atoms with van der Waals surface area (Å²) in [7, 11) is 0. The molecule has 0 aromatic rings. The topological polar surface area (TPSA) is 61.8 Å². The fourth-order valence-electron chi connectivity index (χ4n) is 3.10. The number of hydrogen-bond acceptors (Lipinski definition) is 3. The second kappa shape index (κ2) is 5.08. The van der Waals surface area contributed by atoms with Gasteiger partial charge in [-0.1, -0.05) is 19.0 Å². The van der Waals surface area contributed by atoms with Gasteiger partial charge in [-0.3, -0.25) is 0 Å². The summed E-state index contributed by atoms with van der Waals surface area (Å²) >= 11 is 0. The van der Waals surface area contributed by atoms with Crippen LogP contribution in [0.5, 0.6) is 0 Å². The predicted octanol–water partition coefficient (Wildman–Crippen LogP) is 2.42. The Kier molecular flexibility index (Phi) is 3.85. The third-order valence-electron chi connectivity index (χ3n) is 4.63. The molecular formula is C14H27N3O. The van der Waals surface area contributed by atoms with E-state index in [0.29, 0.717) is 16.7 Å². The molecule has 18 heavy (non-hydrogen) atoms. The number of nitrogens with two attached hydrogens (primary N) is 1. The second-order valence-electron chi connectivity index (χ2n) is 7.06. The summed E-state index contributed by atoms with van der Waals surface area (Å²) < 4.78 is 0. The van der Waals surface area contributed by atoms with Crippen LogP contribution in [0.25, 0.3) is 0 Å². The molecule has 0 radical (unpaired) electrons. The van der Waals surface area contributed by atoms with Crippen LogP contribution in [0.15, 0.2) is 5.16 Å². The molecule has 2 aliphatic rings. The molecule has 0 unspecified atom stereocenters. The molecule has 0 amide bonds.